The third kappa shape index (κ3) is 2.71. The highest BCUT2D eigenvalue weighted by molar-refractivity contribution is 7.91. The van der Waals surface area contributed by atoms with Gasteiger partial charge in [0.05, 0.1) is 11.5 Å². The largest absolute Gasteiger partial charge is 0.329 e. The van der Waals surface area contributed by atoms with Crippen molar-refractivity contribution in [3.63, 3.8) is 0 Å². The minimum absolute atomic E-state index is 0.235. The summed E-state index contributed by atoms with van der Waals surface area (Å²) in [5, 5.41) is 0. The molecule has 0 aromatic carbocycles. The van der Waals surface area contributed by atoms with Gasteiger partial charge in [-0.05, 0) is 46.4 Å². The van der Waals surface area contributed by atoms with Gasteiger partial charge in [0.1, 0.15) is 0 Å². The molecule has 2 fully saturated rings. The SMILES string of the molecule is CN1CCC(N(C)C2(CN)CCS(=O)(=O)C2)CC1. The van der Waals surface area contributed by atoms with E-state index in [2.05, 4.69) is 23.9 Å². The first-order valence-electron chi connectivity index (χ1n) is 6.70. The third-order valence-electron chi connectivity index (χ3n) is 4.73. The Bertz CT molecular complexity index is 390. The lowest BCUT2D eigenvalue weighted by atomic mass is 9.92. The fourth-order valence-corrected chi connectivity index (χ4v) is 5.37. The summed E-state index contributed by atoms with van der Waals surface area (Å²) in [6.45, 7) is 2.61. The van der Waals surface area contributed by atoms with E-state index in [9.17, 15) is 8.42 Å². The number of nitrogens with two attached hydrogens (primary N) is 1. The average Bonchev–Trinajstić information content (AvgIpc) is 2.66. The standard InChI is InChI=1S/C12H25N3O2S/c1-14-6-3-11(4-7-14)15(2)12(9-13)5-8-18(16,17)10-12/h11H,3-10,13H2,1-2H3. The second-order valence-electron chi connectivity index (χ2n) is 5.92. The molecule has 1 atom stereocenters. The number of likely N-dealkylation sites (tertiary alicyclic amines) is 1. The van der Waals surface area contributed by atoms with Gasteiger partial charge in [-0.15, -0.1) is 0 Å². The molecule has 0 saturated carbocycles. The van der Waals surface area contributed by atoms with E-state index >= 15 is 0 Å². The second kappa shape index (κ2) is 5.07. The van der Waals surface area contributed by atoms with Crippen LogP contribution in [0.25, 0.3) is 0 Å². The van der Waals surface area contributed by atoms with Gasteiger partial charge in [-0.3, -0.25) is 4.90 Å². The van der Waals surface area contributed by atoms with E-state index in [1.807, 2.05) is 0 Å². The van der Waals surface area contributed by atoms with Crippen LogP contribution in [0.2, 0.25) is 0 Å². The van der Waals surface area contributed by atoms with Crippen molar-refractivity contribution >= 4 is 9.84 Å². The molecule has 0 aliphatic carbocycles. The minimum Gasteiger partial charge on any atom is -0.329 e. The quantitative estimate of drug-likeness (QED) is 0.754. The lowest BCUT2D eigenvalue weighted by Gasteiger charge is -2.44. The first-order valence-corrected chi connectivity index (χ1v) is 8.53. The maximum Gasteiger partial charge on any atom is 0.152 e. The Kier molecular flexibility index (Phi) is 4.02. The summed E-state index contributed by atoms with van der Waals surface area (Å²) >= 11 is 0. The topological polar surface area (TPSA) is 66.6 Å². The number of likely N-dealkylation sites (N-methyl/N-ethyl adjacent to an activating group) is 1. The van der Waals surface area contributed by atoms with E-state index in [-0.39, 0.29) is 11.3 Å². The van der Waals surface area contributed by atoms with Crippen molar-refractivity contribution in [2.75, 3.05) is 45.2 Å². The van der Waals surface area contributed by atoms with E-state index in [1.165, 1.54) is 0 Å². The van der Waals surface area contributed by atoms with E-state index < -0.39 is 9.84 Å². The predicted molar refractivity (Wildman–Crippen MR) is 73.3 cm³/mol. The molecule has 0 aromatic rings. The fraction of sp³-hybridized carbons (Fsp3) is 1.00. The Labute approximate surface area is 110 Å². The summed E-state index contributed by atoms with van der Waals surface area (Å²) in [5.74, 6) is 0.528. The Morgan fingerprint density at radius 2 is 2.00 bits per heavy atom. The van der Waals surface area contributed by atoms with Gasteiger partial charge in [-0.25, -0.2) is 8.42 Å². The van der Waals surface area contributed by atoms with Gasteiger partial charge in [-0.2, -0.15) is 0 Å². The second-order valence-corrected chi connectivity index (χ2v) is 8.10. The van der Waals surface area contributed by atoms with Crippen molar-refractivity contribution in [2.24, 2.45) is 5.73 Å². The van der Waals surface area contributed by atoms with Crippen LogP contribution in [0.1, 0.15) is 19.3 Å². The molecule has 2 saturated heterocycles. The van der Waals surface area contributed by atoms with Crippen LogP contribution in [0.4, 0.5) is 0 Å². The van der Waals surface area contributed by atoms with Gasteiger partial charge >= 0.3 is 0 Å². The van der Waals surface area contributed by atoms with Crippen molar-refractivity contribution < 1.29 is 8.42 Å². The molecule has 6 heteroatoms. The van der Waals surface area contributed by atoms with Gasteiger partial charge in [0.25, 0.3) is 0 Å². The Morgan fingerprint density at radius 3 is 2.44 bits per heavy atom. The average molecular weight is 275 g/mol. The van der Waals surface area contributed by atoms with Crippen molar-refractivity contribution in [1.29, 1.82) is 0 Å². The van der Waals surface area contributed by atoms with Crippen molar-refractivity contribution in [3.05, 3.63) is 0 Å². The molecular formula is C12H25N3O2S. The van der Waals surface area contributed by atoms with Crippen LogP contribution in [-0.4, -0.2) is 75.0 Å². The van der Waals surface area contributed by atoms with Crippen molar-refractivity contribution in [2.45, 2.75) is 30.8 Å². The molecule has 0 bridgehead atoms. The van der Waals surface area contributed by atoms with E-state index in [1.54, 1.807) is 0 Å². The first kappa shape index (κ1) is 14.2. The third-order valence-corrected chi connectivity index (χ3v) is 6.53. The summed E-state index contributed by atoms with van der Waals surface area (Å²) in [5.41, 5.74) is 5.59. The Morgan fingerprint density at radius 1 is 1.39 bits per heavy atom. The maximum absolute atomic E-state index is 11.8. The molecule has 0 amide bonds. The van der Waals surface area contributed by atoms with Crippen LogP contribution in [0.15, 0.2) is 0 Å². The number of sulfone groups is 1. The van der Waals surface area contributed by atoms with Gasteiger partial charge in [0, 0.05) is 18.1 Å². The smallest absolute Gasteiger partial charge is 0.152 e. The molecule has 2 aliphatic rings. The Balaban J connectivity index is 2.09. The van der Waals surface area contributed by atoms with Gasteiger partial charge in [-0.1, -0.05) is 0 Å². The Hall–Kier alpha value is -0.170. The van der Waals surface area contributed by atoms with E-state index in [0.717, 1.165) is 25.9 Å². The minimum atomic E-state index is -2.89. The molecule has 18 heavy (non-hydrogen) atoms. The molecule has 0 spiro atoms. The maximum atomic E-state index is 11.8. The highest BCUT2D eigenvalue weighted by Crippen LogP contribution is 2.31. The zero-order chi connectivity index (χ0) is 13.4. The van der Waals surface area contributed by atoms with Crippen molar-refractivity contribution in [3.8, 4) is 0 Å². The van der Waals surface area contributed by atoms with Crippen LogP contribution in [0.3, 0.4) is 0 Å². The summed E-state index contributed by atoms with van der Waals surface area (Å²) in [4.78, 5) is 4.59. The molecule has 5 nitrogen and oxygen atoms in total. The molecule has 2 heterocycles. The zero-order valence-corrected chi connectivity index (χ0v) is 12.2. The van der Waals surface area contributed by atoms with Crippen LogP contribution < -0.4 is 5.73 Å². The number of nitrogens with zero attached hydrogens (tertiary/aromatic N) is 2. The lowest BCUT2D eigenvalue weighted by Crippen LogP contribution is -2.58. The summed E-state index contributed by atoms with van der Waals surface area (Å²) in [7, 11) is 1.30. The lowest BCUT2D eigenvalue weighted by molar-refractivity contribution is 0.0586. The molecule has 1 unspecified atom stereocenters. The van der Waals surface area contributed by atoms with Gasteiger partial charge in [0.15, 0.2) is 9.84 Å². The number of rotatable bonds is 3. The van der Waals surface area contributed by atoms with E-state index in [4.69, 9.17) is 5.73 Å². The molecule has 0 radical (unpaired) electrons. The van der Waals surface area contributed by atoms with Crippen LogP contribution in [0.5, 0.6) is 0 Å². The summed E-state index contributed by atoms with van der Waals surface area (Å²) in [6.07, 6.45) is 2.90. The number of piperidine rings is 1. The van der Waals surface area contributed by atoms with Gasteiger partial charge < -0.3 is 10.6 Å². The normalized spacial score (nSPS) is 34.2. The molecule has 2 rings (SSSR count). The molecule has 2 N–H and O–H groups in total. The number of hydrogen-bond donors (Lipinski definition) is 1. The number of hydrogen-bond acceptors (Lipinski definition) is 5. The summed E-state index contributed by atoms with van der Waals surface area (Å²) < 4.78 is 23.5. The molecule has 106 valence electrons. The van der Waals surface area contributed by atoms with Crippen LogP contribution in [0, 0.1) is 0 Å². The highest BCUT2D eigenvalue weighted by Gasteiger charge is 2.46. The zero-order valence-electron chi connectivity index (χ0n) is 11.4. The van der Waals surface area contributed by atoms with E-state index in [0.29, 0.717) is 24.8 Å². The molecular weight excluding hydrogens is 250 g/mol. The molecule has 0 aromatic heterocycles. The first-order chi connectivity index (χ1) is 8.38. The predicted octanol–water partition coefficient (Wildman–Crippen LogP) is -0.472. The monoisotopic (exact) mass is 275 g/mol. The fourth-order valence-electron chi connectivity index (χ4n) is 3.25. The van der Waals surface area contributed by atoms with Crippen molar-refractivity contribution in [1.82, 2.24) is 9.80 Å². The molecule has 2 aliphatic heterocycles. The summed E-state index contributed by atoms with van der Waals surface area (Å²) in [6, 6.07) is 0.470. The van der Waals surface area contributed by atoms with Crippen LogP contribution in [-0.2, 0) is 9.84 Å². The van der Waals surface area contributed by atoms with Crippen LogP contribution >= 0.6 is 0 Å². The highest BCUT2D eigenvalue weighted by atomic mass is 32.2. The van der Waals surface area contributed by atoms with Gasteiger partial charge in [0.2, 0.25) is 0 Å².